The smallest absolute Gasteiger partial charge is 0.262 e. The Kier molecular flexibility index (Phi) is 5.83. The van der Waals surface area contributed by atoms with Crippen LogP contribution in [0.1, 0.15) is 29.9 Å². The summed E-state index contributed by atoms with van der Waals surface area (Å²) in [5.74, 6) is -3.07. The highest BCUT2D eigenvalue weighted by atomic mass is 35.5. The van der Waals surface area contributed by atoms with Gasteiger partial charge in [0.25, 0.3) is 5.91 Å². The van der Waals surface area contributed by atoms with E-state index in [1.807, 2.05) is 0 Å². The molecule has 2 fully saturated rings. The number of methoxy groups -OCH3 is 1. The molecule has 1 aromatic carbocycles. The SMILES string of the molecule is COCON1C(=O)C(c2c(F)ccc(C)c2Cl)C(=O)C12CCN(OC)CC2. The lowest BCUT2D eigenvalue weighted by Gasteiger charge is -2.41. The predicted molar refractivity (Wildman–Crippen MR) is 94.2 cm³/mol. The zero-order valence-corrected chi connectivity index (χ0v) is 16.2. The topological polar surface area (TPSA) is 68.3 Å². The van der Waals surface area contributed by atoms with Gasteiger partial charge < -0.3 is 9.57 Å². The zero-order valence-electron chi connectivity index (χ0n) is 15.5. The van der Waals surface area contributed by atoms with Crippen LogP contribution >= 0.6 is 11.6 Å². The van der Waals surface area contributed by atoms with Crippen molar-refractivity contribution in [2.75, 3.05) is 34.1 Å². The number of nitrogens with zero attached hydrogens (tertiary/aromatic N) is 2. The van der Waals surface area contributed by atoms with Crippen LogP contribution in [0.3, 0.4) is 0 Å². The normalized spacial score (nSPS) is 22.9. The maximum absolute atomic E-state index is 14.6. The summed E-state index contributed by atoms with van der Waals surface area (Å²) in [5, 5.41) is 2.85. The highest BCUT2D eigenvalue weighted by Crippen LogP contribution is 2.45. The Balaban J connectivity index is 2.04. The fourth-order valence-electron chi connectivity index (χ4n) is 3.79. The minimum atomic E-state index is -1.34. The van der Waals surface area contributed by atoms with Gasteiger partial charge in [0.1, 0.15) is 17.3 Å². The molecule has 0 bridgehead atoms. The van der Waals surface area contributed by atoms with Crippen molar-refractivity contribution < 1.29 is 28.4 Å². The Bertz CT molecular complexity index is 752. The molecule has 1 aromatic rings. The van der Waals surface area contributed by atoms with Crippen molar-refractivity contribution in [1.82, 2.24) is 10.1 Å². The summed E-state index contributed by atoms with van der Waals surface area (Å²) in [4.78, 5) is 37.2. The van der Waals surface area contributed by atoms with E-state index in [0.717, 1.165) is 5.06 Å². The Labute approximate surface area is 161 Å². The number of carbonyl (C=O) groups excluding carboxylic acids is 2. The molecule has 1 amide bonds. The quantitative estimate of drug-likeness (QED) is 0.557. The number of rotatable bonds is 5. The highest BCUT2D eigenvalue weighted by molar-refractivity contribution is 6.33. The van der Waals surface area contributed by atoms with Gasteiger partial charge in [0, 0.05) is 25.8 Å². The predicted octanol–water partition coefficient (Wildman–Crippen LogP) is 2.21. The summed E-state index contributed by atoms with van der Waals surface area (Å²) in [5.41, 5.74) is -0.702. The number of amides is 1. The van der Waals surface area contributed by atoms with E-state index in [1.54, 1.807) is 19.1 Å². The summed E-state index contributed by atoms with van der Waals surface area (Å²) < 4.78 is 19.5. The molecule has 2 aliphatic rings. The molecule has 2 heterocycles. The lowest BCUT2D eigenvalue weighted by Crippen LogP contribution is -2.56. The number of carbonyl (C=O) groups is 2. The van der Waals surface area contributed by atoms with E-state index in [1.165, 1.54) is 19.2 Å². The lowest BCUT2D eigenvalue weighted by molar-refractivity contribution is -0.256. The van der Waals surface area contributed by atoms with Crippen LogP contribution in [0.25, 0.3) is 0 Å². The first-order valence-corrected chi connectivity index (χ1v) is 8.99. The Hall–Kier alpha value is -1.58. The Morgan fingerprint density at radius 2 is 1.93 bits per heavy atom. The average Bonchev–Trinajstić information content (AvgIpc) is 2.86. The largest absolute Gasteiger partial charge is 0.356 e. The third kappa shape index (κ3) is 3.25. The first-order valence-electron chi connectivity index (χ1n) is 8.61. The van der Waals surface area contributed by atoms with Crippen LogP contribution in [0.4, 0.5) is 4.39 Å². The summed E-state index contributed by atoms with van der Waals surface area (Å²) in [7, 11) is 2.96. The Morgan fingerprint density at radius 3 is 2.52 bits per heavy atom. The van der Waals surface area contributed by atoms with Crippen molar-refractivity contribution in [2.45, 2.75) is 31.2 Å². The fourth-order valence-corrected chi connectivity index (χ4v) is 4.05. The lowest BCUT2D eigenvalue weighted by atomic mass is 9.80. The number of ketones is 1. The molecule has 0 aromatic heterocycles. The minimum absolute atomic E-state index is 0.0831. The van der Waals surface area contributed by atoms with Crippen molar-refractivity contribution in [3.8, 4) is 0 Å². The van der Waals surface area contributed by atoms with Crippen LogP contribution < -0.4 is 0 Å². The Morgan fingerprint density at radius 1 is 1.26 bits per heavy atom. The van der Waals surface area contributed by atoms with E-state index < -0.39 is 29.0 Å². The molecule has 27 heavy (non-hydrogen) atoms. The van der Waals surface area contributed by atoms with Gasteiger partial charge in [-0.3, -0.25) is 9.59 Å². The molecule has 0 aliphatic carbocycles. The van der Waals surface area contributed by atoms with Crippen molar-refractivity contribution in [3.63, 3.8) is 0 Å². The summed E-state index contributed by atoms with van der Waals surface area (Å²) >= 11 is 6.28. The molecule has 3 rings (SSSR count). The van der Waals surface area contributed by atoms with Gasteiger partial charge in [-0.2, -0.15) is 5.06 Å². The van der Waals surface area contributed by atoms with Crippen LogP contribution in [-0.4, -0.2) is 61.5 Å². The van der Waals surface area contributed by atoms with Gasteiger partial charge in [-0.1, -0.05) is 17.7 Å². The van der Waals surface area contributed by atoms with Gasteiger partial charge in [0.05, 0.1) is 12.1 Å². The molecule has 1 unspecified atom stereocenters. The van der Waals surface area contributed by atoms with Crippen LogP contribution in [0.15, 0.2) is 12.1 Å². The maximum atomic E-state index is 14.6. The summed E-state index contributed by atoms with van der Waals surface area (Å²) in [6, 6.07) is 2.73. The fraction of sp³-hybridized carbons (Fsp3) is 0.556. The average molecular weight is 401 g/mol. The van der Waals surface area contributed by atoms with Crippen LogP contribution in [0.2, 0.25) is 5.02 Å². The maximum Gasteiger partial charge on any atom is 0.262 e. The van der Waals surface area contributed by atoms with Crippen molar-refractivity contribution in [3.05, 3.63) is 34.1 Å². The van der Waals surface area contributed by atoms with E-state index in [2.05, 4.69) is 0 Å². The molecular weight excluding hydrogens is 379 g/mol. The number of benzene rings is 1. The molecule has 1 atom stereocenters. The highest BCUT2D eigenvalue weighted by Gasteiger charge is 2.61. The second-order valence-corrected chi connectivity index (χ2v) is 7.08. The van der Waals surface area contributed by atoms with E-state index in [0.29, 0.717) is 31.5 Å². The molecule has 1 spiro atoms. The number of ether oxygens (including phenoxy) is 1. The number of aryl methyl sites for hydroxylation is 1. The standard InChI is InChI=1S/C18H22ClFN2O5/c1-11-4-5-12(20)13(15(11)19)14-16(23)18(6-8-21(26-3)9-7-18)22(17(14)24)27-10-25-2/h4-5,14H,6-10H2,1-3H3. The zero-order chi connectivity index (χ0) is 19.8. The van der Waals surface area contributed by atoms with E-state index >= 15 is 0 Å². The van der Waals surface area contributed by atoms with E-state index in [-0.39, 0.29) is 17.4 Å². The van der Waals surface area contributed by atoms with Gasteiger partial charge >= 0.3 is 0 Å². The third-order valence-electron chi connectivity index (χ3n) is 5.27. The second-order valence-electron chi connectivity index (χ2n) is 6.70. The second kappa shape index (κ2) is 7.81. The van der Waals surface area contributed by atoms with Gasteiger partial charge in [0.15, 0.2) is 12.6 Å². The number of piperidine rings is 1. The molecule has 9 heteroatoms. The minimum Gasteiger partial charge on any atom is -0.356 e. The van der Waals surface area contributed by atoms with Crippen molar-refractivity contribution in [2.24, 2.45) is 0 Å². The van der Waals surface area contributed by atoms with E-state index in [4.69, 9.17) is 26.0 Å². The molecule has 0 saturated carbocycles. The molecule has 7 nitrogen and oxygen atoms in total. The van der Waals surface area contributed by atoms with Gasteiger partial charge in [-0.05, 0) is 31.4 Å². The van der Waals surface area contributed by atoms with Crippen molar-refractivity contribution >= 4 is 23.3 Å². The first-order chi connectivity index (χ1) is 12.9. The number of hydrogen-bond donors (Lipinski definition) is 0. The van der Waals surface area contributed by atoms with Gasteiger partial charge in [-0.15, -0.1) is 0 Å². The molecular formula is C18H22ClFN2O5. The third-order valence-corrected chi connectivity index (χ3v) is 5.77. The van der Waals surface area contributed by atoms with Crippen LogP contribution in [0.5, 0.6) is 0 Å². The van der Waals surface area contributed by atoms with Crippen molar-refractivity contribution in [1.29, 1.82) is 0 Å². The van der Waals surface area contributed by atoms with Crippen LogP contribution in [-0.2, 0) is 24.0 Å². The monoisotopic (exact) mass is 400 g/mol. The molecule has 2 aliphatic heterocycles. The van der Waals surface area contributed by atoms with Gasteiger partial charge in [-0.25, -0.2) is 14.3 Å². The summed E-state index contributed by atoms with van der Waals surface area (Å²) in [6.45, 7) is 2.35. The van der Waals surface area contributed by atoms with Gasteiger partial charge in [0.2, 0.25) is 0 Å². The molecule has 0 N–H and O–H groups in total. The number of hydrogen-bond acceptors (Lipinski definition) is 6. The number of halogens is 2. The number of Topliss-reactive ketones (excluding diaryl/α,β-unsaturated/α-hetero) is 1. The molecule has 2 saturated heterocycles. The number of hydroxylamine groups is 4. The first kappa shape index (κ1) is 20.2. The molecule has 0 radical (unpaired) electrons. The van der Waals surface area contributed by atoms with Crippen LogP contribution in [0, 0.1) is 12.7 Å². The summed E-state index contributed by atoms with van der Waals surface area (Å²) in [6.07, 6.45) is 0.605. The van der Waals surface area contributed by atoms with E-state index in [9.17, 15) is 14.0 Å². The molecule has 148 valence electrons.